The fraction of sp³-hybridized carbons (Fsp3) is 0.650. The maximum Gasteiger partial charge on any atom is 0.336 e. The zero-order valence-corrected chi connectivity index (χ0v) is 17.6. The molecule has 0 bridgehead atoms. The zero-order valence-electron chi connectivity index (χ0n) is 16.0. The van der Waals surface area contributed by atoms with E-state index >= 15 is 0 Å². The highest BCUT2D eigenvalue weighted by Gasteiger charge is 2.44. The Kier molecular flexibility index (Phi) is 4.90. The molecule has 2 aliphatic heterocycles. The van der Waals surface area contributed by atoms with Crippen LogP contribution in [0, 0.1) is 0 Å². The molecular weight excluding hydrogens is 392 g/mol. The summed E-state index contributed by atoms with van der Waals surface area (Å²) < 4.78 is 1.11. The van der Waals surface area contributed by atoms with Crippen LogP contribution in [0.1, 0.15) is 56.1 Å². The molecular formula is C20H29BrN4O. The minimum Gasteiger partial charge on any atom is -0.324 e. The number of carbonyl (C=O) groups excluding carboxylic acids is 1. The molecule has 0 aromatic heterocycles. The molecule has 0 spiro atoms. The molecule has 1 aromatic carbocycles. The first kappa shape index (κ1) is 18.1. The summed E-state index contributed by atoms with van der Waals surface area (Å²) in [6, 6.07) is 5.13. The second kappa shape index (κ2) is 7.04. The molecule has 142 valence electrons. The van der Waals surface area contributed by atoms with Gasteiger partial charge >= 0.3 is 6.03 Å². The summed E-state index contributed by atoms with van der Waals surface area (Å²) in [7, 11) is 2.27. The number of carbonyl (C=O) groups is 1. The summed E-state index contributed by atoms with van der Waals surface area (Å²) in [5.41, 5.74) is 7.33. The van der Waals surface area contributed by atoms with E-state index in [1.165, 1.54) is 42.6 Å². The van der Waals surface area contributed by atoms with Crippen LogP contribution in [0.4, 0.5) is 10.5 Å². The third kappa shape index (κ3) is 2.91. The monoisotopic (exact) mass is 420 g/mol. The van der Waals surface area contributed by atoms with E-state index in [1.54, 1.807) is 0 Å². The van der Waals surface area contributed by atoms with Crippen LogP contribution in [0.15, 0.2) is 16.6 Å². The summed E-state index contributed by atoms with van der Waals surface area (Å²) in [5, 5.41) is 2.09. The SMILES string of the molecule is CCN(CC)C(=O)NN1CC2C[C@@H]3[C@H](CCCN3C)c3cc(Br)cc1c32. The van der Waals surface area contributed by atoms with Crippen molar-refractivity contribution in [2.45, 2.75) is 51.0 Å². The van der Waals surface area contributed by atoms with E-state index < -0.39 is 0 Å². The van der Waals surface area contributed by atoms with Gasteiger partial charge < -0.3 is 9.80 Å². The number of likely N-dealkylation sites (N-methyl/N-ethyl adjacent to an activating group) is 1. The van der Waals surface area contributed by atoms with Gasteiger partial charge in [-0.2, -0.15) is 0 Å². The molecule has 5 nitrogen and oxygen atoms in total. The van der Waals surface area contributed by atoms with Gasteiger partial charge in [0.2, 0.25) is 0 Å². The van der Waals surface area contributed by atoms with Crippen molar-refractivity contribution in [3.05, 3.63) is 27.7 Å². The van der Waals surface area contributed by atoms with E-state index in [9.17, 15) is 4.79 Å². The summed E-state index contributed by atoms with van der Waals surface area (Å²) >= 11 is 3.72. The van der Waals surface area contributed by atoms with Crippen LogP contribution in [0.5, 0.6) is 0 Å². The van der Waals surface area contributed by atoms with Crippen molar-refractivity contribution >= 4 is 27.6 Å². The minimum absolute atomic E-state index is 0.00286. The number of nitrogens with zero attached hydrogens (tertiary/aromatic N) is 3. The van der Waals surface area contributed by atoms with E-state index in [2.05, 4.69) is 50.4 Å². The van der Waals surface area contributed by atoms with Gasteiger partial charge in [0.1, 0.15) is 0 Å². The highest BCUT2D eigenvalue weighted by Crippen LogP contribution is 2.52. The Morgan fingerprint density at radius 1 is 1.35 bits per heavy atom. The van der Waals surface area contributed by atoms with Crippen LogP contribution < -0.4 is 10.4 Å². The van der Waals surface area contributed by atoms with Crippen molar-refractivity contribution < 1.29 is 4.79 Å². The fourth-order valence-electron chi connectivity index (χ4n) is 5.23. The van der Waals surface area contributed by atoms with Gasteiger partial charge in [0.15, 0.2) is 0 Å². The van der Waals surface area contributed by atoms with Crippen LogP contribution in [-0.2, 0) is 0 Å². The van der Waals surface area contributed by atoms with Gasteiger partial charge in [-0.25, -0.2) is 10.2 Å². The normalized spacial score (nSPS) is 27.1. The van der Waals surface area contributed by atoms with Gasteiger partial charge in [-0.15, -0.1) is 0 Å². The average Bonchev–Trinajstić information content (AvgIpc) is 2.95. The molecule has 0 saturated carbocycles. The fourth-order valence-corrected chi connectivity index (χ4v) is 5.69. The number of nitrogens with one attached hydrogen (secondary N) is 1. The summed E-state index contributed by atoms with van der Waals surface area (Å²) in [5.74, 6) is 1.13. The van der Waals surface area contributed by atoms with Gasteiger partial charge in [0, 0.05) is 36.1 Å². The number of likely N-dealkylation sites (tertiary alicyclic amines) is 1. The molecule has 1 fully saturated rings. The Hall–Kier alpha value is -1.27. The Morgan fingerprint density at radius 3 is 2.85 bits per heavy atom. The number of hydrogen-bond acceptors (Lipinski definition) is 3. The van der Waals surface area contributed by atoms with Crippen molar-refractivity contribution in [2.75, 3.05) is 38.2 Å². The molecule has 1 unspecified atom stereocenters. The Balaban J connectivity index is 1.67. The van der Waals surface area contributed by atoms with Gasteiger partial charge in [0.05, 0.1) is 5.69 Å². The van der Waals surface area contributed by atoms with Gasteiger partial charge in [-0.05, 0) is 75.9 Å². The maximum atomic E-state index is 12.6. The van der Waals surface area contributed by atoms with Crippen LogP contribution in [0.2, 0.25) is 0 Å². The number of hydrazine groups is 1. The number of piperidine rings is 1. The number of hydrogen-bond donors (Lipinski definition) is 1. The van der Waals surface area contributed by atoms with Gasteiger partial charge in [0.25, 0.3) is 0 Å². The van der Waals surface area contributed by atoms with E-state index in [1.807, 2.05) is 18.7 Å². The lowest BCUT2D eigenvalue weighted by atomic mass is 9.70. The van der Waals surface area contributed by atoms with Crippen molar-refractivity contribution in [1.29, 1.82) is 0 Å². The smallest absolute Gasteiger partial charge is 0.324 e. The van der Waals surface area contributed by atoms with Crippen molar-refractivity contribution in [3.63, 3.8) is 0 Å². The first-order valence-corrected chi connectivity index (χ1v) is 10.7. The van der Waals surface area contributed by atoms with Crippen LogP contribution >= 0.6 is 15.9 Å². The number of rotatable bonds is 3. The molecule has 1 aliphatic carbocycles. The van der Waals surface area contributed by atoms with E-state index in [0.29, 0.717) is 17.9 Å². The molecule has 0 radical (unpaired) electrons. The molecule has 2 amide bonds. The Morgan fingerprint density at radius 2 is 2.12 bits per heavy atom. The number of amides is 2. The standard InChI is InChI=1S/C20H29BrN4O/c1-4-24(5-2)20(26)22-25-12-13-9-17-15(7-6-8-23(17)3)16-10-14(21)11-18(25)19(13)16/h10-11,13,15,17H,4-9,12H2,1-3H3,(H,22,26)/t13?,15-,17-/m1/s1. The lowest BCUT2D eigenvalue weighted by Crippen LogP contribution is -2.49. The molecule has 1 aromatic rings. The van der Waals surface area contributed by atoms with Crippen molar-refractivity contribution in [3.8, 4) is 0 Å². The molecule has 26 heavy (non-hydrogen) atoms. The molecule has 3 aliphatic rings. The number of benzene rings is 1. The molecule has 4 rings (SSSR count). The predicted octanol–water partition coefficient (Wildman–Crippen LogP) is 3.90. The summed E-state index contributed by atoms with van der Waals surface area (Å²) in [6.45, 7) is 7.58. The highest BCUT2D eigenvalue weighted by atomic mass is 79.9. The quantitative estimate of drug-likeness (QED) is 0.805. The second-order valence-electron chi connectivity index (χ2n) is 7.86. The zero-order chi connectivity index (χ0) is 18.4. The number of halogens is 1. The van der Waals surface area contributed by atoms with E-state index in [0.717, 1.165) is 24.1 Å². The lowest BCUT2D eigenvalue weighted by Gasteiger charge is -2.44. The highest BCUT2D eigenvalue weighted by molar-refractivity contribution is 9.10. The molecule has 1 saturated heterocycles. The topological polar surface area (TPSA) is 38.8 Å². The molecule has 2 heterocycles. The van der Waals surface area contributed by atoms with Crippen molar-refractivity contribution in [1.82, 2.24) is 15.2 Å². The average molecular weight is 421 g/mol. The van der Waals surface area contributed by atoms with E-state index in [4.69, 9.17) is 0 Å². The lowest BCUT2D eigenvalue weighted by molar-refractivity contribution is 0.136. The molecule has 6 heteroatoms. The maximum absolute atomic E-state index is 12.6. The predicted molar refractivity (Wildman–Crippen MR) is 109 cm³/mol. The Bertz CT molecular complexity index is 705. The first-order valence-electron chi connectivity index (χ1n) is 9.90. The third-order valence-corrected chi connectivity index (χ3v) is 6.98. The van der Waals surface area contributed by atoms with E-state index in [-0.39, 0.29) is 6.03 Å². The minimum atomic E-state index is -0.00286. The largest absolute Gasteiger partial charge is 0.336 e. The van der Waals surface area contributed by atoms with Gasteiger partial charge in [-0.3, -0.25) is 5.01 Å². The number of fused-ring (bicyclic) bond motifs is 2. The van der Waals surface area contributed by atoms with Crippen molar-refractivity contribution in [2.24, 2.45) is 0 Å². The second-order valence-corrected chi connectivity index (χ2v) is 8.77. The molecule has 1 N–H and O–H groups in total. The first-order chi connectivity index (χ1) is 12.5. The Labute approximate surface area is 164 Å². The summed E-state index contributed by atoms with van der Waals surface area (Å²) in [4.78, 5) is 17.0. The number of anilines is 1. The van der Waals surface area contributed by atoms with Crippen LogP contribution in [0.25, 0.3) is 0 Å². The van der Waals surface area contributed by atoms with Gasteiger partial charge in [-0.1, -0.05) is 15.9 Å². The van der Waals surface area contributed by atoms with Crippen LogP contribution in [0.3, 0.4) is 0 Å². The van der Waals surface area contributed by atoms with Crippen LogP contribution in [-0.4, -0.2) is 55.1 Å². The molecule has 3 atom stereocenters. The number of urea groups is 1. The summed E-state index contributed by atoms with van der Waals surface area (Å²) in [6.07, 6.45) is 3.74. The third-order valence-electron chi connectivity index (χ3n) is 6.52.